The highest BCUT2D eigenvalue weighted by atomic mass is 16.5. The first-order chi connectivity index (χ1) is 16.0. The highest BCUT2D eigenvalue weighted by Gasteiger charge is 2.24. The Labute approximate surface area is 195 Å². The predicted molar refractivity (Wildman–Crippen MR) is 133 cm³/mol. The van der Waals surface area contributed by atoms with Gasteiger partial charge < -0.3 is 25.0 Å². The van der Waals surface area contributed by atoms with Gasteiger partial charge in [0.1, 0.15) is 17.3 Å². The predicted octanol–water partition coefficient (Wildman–Crippen LogP) is 4.47. The van der Waals surface area contributed by atoms with Gasteiger partial charge in [0.2, 0.25) is 0 Å². The summed E-state index contributed by atoms with van der Waals surface area (Å²) in [6, 6.07) is 16.0. The molecule has 1 amide bonds. The molecule has 1 aromatic heterocycles. The van der Waals surface area contributed by atoms with Gasteiger partial charge in [-0.3, -0.25) is 4.79 Å². The van der Waals surface area contributed by atoms with Crippen molar-refractivity contribution in [1.29, 1.82) is 0 Å². The summed E-state index contributed by atoms with van der Waals surface area (Å²) in [5.74, 6) is 2.00. The lowest BCUT2D eigenvalue weighted by Crippen LogP contribution is -2.40. The van der Waals surface area contributed by atoms with Crippen molar-refractivity contribution in [2.24, 2.45) is 0 Å². The Balaban J connectivity index is 1.37. The van der Waals surface area contributed by atoms with Crippen molar-refractivity contribution in [1.82, 2.24) is 10.3 Å². The highest BCUT2D eigenvalue weighted by Crippen LogP contribution is 2.29. The molecule has 0 radical (unpaired) electrons. The summed E-state index contributed by atoms with van der Waals surface area (Å²) in [6.45, 7) is 0. The summed E-state index contributed by atoms with van der Waals surface area (Å²) in [4.78, 5) is 19.7. The number of aromatic nitrogens is 1. The summed E-state index contributed by atoms with van der Waals surface area (Å²) < 4.78 is 10.6. The average Bonchev–Trinajstić information content (AvgIpc) is 2.84. The van der Waals surface area contributed by atoms with E-state index in [0.717, 1.165) is 48.1 Å². The lowest BCUT2D eigenvalue weighted by atomic mass is 9.91. The van der Waals surface area contributed by atoms with Crippen molar-refractivity contribution >= 4 is 28.3 Å². The van der Waals surface area contributed by atoms with Gasteiger partial charge in [0.15, 0.2) is 0 Å². The van der Waals surface area contributed by atoms with E-state index in [1.807, 2.05) is 18.2 Å². The number of benzene rings is 2. The van der Waals surface area contributed by atoms with Crippen LogP contribution in [0.3, 0.4) is 0 Å². The molecule has 0 bridgehead atoms. The zero-order valence-electron chi connectivity index (χ0n) is 19.7. The van der Waals surface area contributed by atoms with Crippen molar-refractivity contribution in [2.75, 3.05) is 38.5 Å². The number of para-hydroxylation sites is 1. The molecule has 7 heteroatoms. The zero-order chi connectivity index (χ0) is 23.4. The molecule has 3 aromatic rings. The normalized spacial score (nSPS) is 17.9. The van der Waals surface area contributed by atoms with Gasteiger partial charge in [-0.25, -0.2) is 4.98 Å². The summed E-state index contributed by atoms with van der Waals surface area (Å²) in [7, 11) is 7.27. The largest absolute Gasteiger partial charge is 0.497 e. The third-order valence-corrected chi connectivity index (χ3v) is 6.20. The second-order valence-electron chi connectivity index (χ2n) is 8.71. The van der Waals surface area contributed by atoms with Crippen LogP contribution in [0.25, 0.3) is 10.9 Å². The molecule has 0 aliphatic heterocycles. The summed E-state index contributed by atoms with van der Waals surface area (Å²) in [5.41, 5.74) is 2.68. The number of methoxy groups -OCH3 is 2. The van der Waals surface area contributed by atoms with Gasteiger partial charge in [0, 0.05) is 54.9 Å². The van der Waals surface area contributed by atoms with Crippen LogP contribution >= 0.6 is 0 Å². The fourth-order valence-corrected chi connectivity index (χ4v) is 4.40. The van der Waals surface area contributed by atoms with Crippen LogP contribution in [-0.2, 0) is 0 Å². The minimum atomic E-state index is -0.101. The van der Waals surface area contributed by atoms with E-state index < -0.39 is 0 Å². The second-order valence-corrected chi connectivity index (χ2v) is 8.71. The van der Waals surface area contributed by atoms with E-state index in [1.54, 1.807) is 32.4 Å². The van der Waals surface area contributed by atoms with Crippen molar-refractivity contribution < 1.29 is 14.3 Å². The van der Waals surface area contributed by atoms with Crippen LogP contribution in [0.2, 0.25) is 0 Å². The van der Waals surface area contributed by atoms with Gasteiger partial charge in [-0.1, -0.05) is 18.2 Å². The molecule has 1 saturated carbocycles. The van der Waals surface area contributed by atoms with E-state index in [9.17, 15) is 4.79 Å². The molecule has 1 aliphatic rings. The molecule has 4 rings (SSSR count). The number of fused-ring (bicyclic) bond motifs is 1. The van der Waals surface area contributed by atoms with Crippen LogP contribution in [0, 0.1) is 0 Å². The minimum absolute atomic E-state index is 0.101. The van der Waals surface area contributed by atoms with Crippen LogP contribution in [0.1, 0.15) is 36.0 Å². The molecule has 0 unspecified atom stereocenters. The number of pyridine rings is 1. The number of hydrogen-bond acceptors (Lipinski definition) is 6. The van der Waals surface area contributed by atoms with Crippen molar-refractivity contribution in [2.45, 2.75) is 37.8 Å². The Morgan fingerprint density at radius 1 is 0.939 bits per heavy atom. The molecule has 1 fully saturated rings. The molecular formula is C26H32N4O3. The van der Waals surface area contributed by atoms with Gasteiger partial charge in [0.05, 0.1) is 19.7 Å². The van der Waals surface area contributed by atoms with Gasteiger partial charge in [-0.2, -0.15) is 0 Å². The van der Waals surface area contributed by atoms with E-state index in [4.69, 9.17) is 14.5 Å². The first-order valence-electron chi connectivity index (χ1n) is 11.3. The molecule has 0 atom stereocenters. The third-order valence-electron chi connectivity index (χ3n) is 6.20. The Bertz CT molecular complexity index is 1100. The number of hydrogen-bond donors (Lipinski definition) is 2. The van der Waals surface area contributed by atoms with Gasteiger partial charge in [-0.05, 0) is 43.9 Å². The van der Waals surface area contributed by atoms with Gasteiger partial charge in [-0.15, -0.1) is 0 Å². The third kappa shape index (κ3) is 5.30. The minimum Gasteiger partial charge on any atom is -0.497 e. The van der Waals surface area contributed by atoms with Crippen molar-refractivity contribution in [3.63, 3.8) is 0 Å². The lowest BCUT2D eigenvalue weighted by Gasteiger charge is -2.30. The quantitative estimate of drug-likeness (QED) is 0.555. The molecule has 2 aromatic carbocycles. The Kier molecular flexibility index (Phi) is 6.87. The monoisotopic (exact) mass is 448 g/mol. The summed E-state index contributed by atoms with van der Waals surface area (Å²) in [5, 5.41) is 7.94. The number of ether oxygens (including phenoxy) is 2. The smallest absolute Gasteiger partial charge is 0.251 e. The lowest BCUT2D eigenvalue weighted by molar-refractivity contribution is 0.0926. The molecule has 1 heterocycles. The molecule has 174 valence electrons. The summed E-state index contributed by atoms with van der Waals surface area (Å²) in [6.07, 6.45) is 3.77. The van der Waals surface area contributed by atoms with Crippen LogP contribution in [0.4, 0.5) is 11.5 Å². The van der Waals surface area contributed by atoms with Crippen LogP contribution in [0.15, 0.2) is 48.5 Å². The topological polar surface area (TPSA) is 75.7 Å². The maximum absolute atomic E-state index is 12.8. The number of anilines is 2. The van der Waals surface area contributed by atoms with E-state index in [1.165, 1.54) is 0 Å². The number of amides is 1. The Morgan fingerprint density at radius 2 is 1.58 bits per heavy atom. The fraction of sp³-hybridized carbons (Fsp3) is 0.385. The molecule has 2 N–H and O–H groups in total. The van der Waals surface area contributed by atoms with E-state index in [0.29, 0.717) is 23.1 Å². The maximum Gasteiger partial charge on any atom is 0.251 e. The van der Waals surface area contributed by atoms with Gasteiger partial charge >= 0.3 is 0 Å². The number of nitrogens with zero attached hydrogens (tertiary/aromatic N) is 2. The second kappa shape index (κ2) is 9.98. The van der Waals surface area contributed by atoms with Crippen molar-refractivity contribution in [3.8, 4) is 11.5 Å². The van der Waals surface area contributed by atoms with Crippen LogP contribution in [-0.4, -0.2) is 51.3 Å². The number of carbonyl (C=O) groups excluding carboxylic acids is 1. The van der Waals surface area contributed by atoms with Crippen LogP contribution in [0.5, 0.6) is 11.5 Å². The maximum atomic E-state index is 12.8. The highest BCUT2D eigenvalue weighted by molar-refractivity contribution is 5.95. The molecule has 1 aliphatic carbocycles. The average molecular weight is 449 g/mol. The standard InChI is InChI=1S/C26H32N4O3/c1-30(2)24-16-25(29-23-8-6-5-7-22(23)24)27-18-9-11-19(12-10-18)28-26(31)17-13-20(32-3)15-21(14-17)33-4/h5-8,13-16,18-19H,9-12H2,1-4H3,(H,27,29)(H,28,31)/t18-,19+. The molecular weight excluding hydrogens is 416 g/mol. The van der Waals surface area contributed by atoms with Crippen LogP contribution < -0.4 is 25.0 Å². The molecule has 7 nitrogen and oxygen atoms in total. The number of nitrogens with one attached hydrogen (secondary N) is 2. The van der Waals surface area contributed by atoms with Crippen molar-refractivity contribution in [3.05, 3.63) is 54.1 Å². The van der Waals surface area contributed by atoms with E-state index >= 15 is 0 Å². The number of carbonyl (C=O) groups is 1. The SMILES string of the molecule is COc1cc(OC)cc(C(=O)N[C@H]2CC[C@@H](Nc3cc(N(C)C)c4ccccc4n3)CC2)c1. The molecule has 0 spiro atoms. The molecule has 33 heavy (non-hydrogen) atoms. The Morgan fingerprint density at radius 3 is 2.21 bits per heavy atom. The van der Waals surface area contributed by atoms with E-state index in [2.05, 4.69) is 41.8 Å². The first kappa shape index (κ1) is 22.7. The summed E-state index contributed by atoms with van der Waals surface area (Å²) >= 11 is 0. The van der Waals surface area contributed by atoms with Gasteiger partial charge in [0.25, 0.3) is 5.91 Å². The molecule has 0 saturated heterocycles. The first-order valence-corrected chi connectivity index (χ1v) is 11.3. The fourth-order valence-electron chi connectivity index (χ4n) is 4.40. The zero-order valence-corrected chi connectivity index (χ0v) is 19.7. The Hall–Kier alpha value is -3.48. The number of rotatable bonds is 7. The van der Waals surface area contributed by atoms with E-state index in [-0.39, 0.29) is 11.9 Å².